The monoisotopic (exact) mass is 429 g/mol. The van der Waals surface area contributed by atoms with E-state index in [9.17, 15) is 17.6 Å². The second-order valence-corrected chi connectivity index (χ2v) is 8.19. The minimum absolute atomic E-state index is 0.00666. The fraction of sp³-hybridized carbons (Fsp3) is 0.235. The third-order valence-electron chi connectivity index (χ3n) is 3.44. The number of hydrogen-bond donors (Lipinski definition) is 0. The Bertz CT molecular complexity index is 840. The molecule has 0 atom stereocenters. The zero-order chi connectivity index (χ0) is 18.4. The summed E-state index contributed by atoms with van der Waals surface area (Å²) in [6, 6.07) is 11.6. The van der Waals surface area contributed by atoms with E-state index in [1.165, 1.54) is 19.2 Å². The van der Waals surface area contributed by atoms with Crippen molar-refractivity contribution in [3.63, 3.8) is 0 Å². The number of ether oxygens (including phenoxy) is 1. The maximum atomic E-state index is 12.9. The third kappa shape index (κ3) is 5.35. The van der Waals surface area contributed by atoms with Crippen LogP contribution in [0.5, 0.6) is 5.75 Å². The second-order valence-electron chi connectivity index (χ2n) is 5.29. The van der Waals surface area contributed by atoms with Gasteiger partial charge in [-0.3, -0.25) is 4.79 Å². The largest absolute Gasteiger partial charge is 0.425 e. The molecule has 5 nitrogen and oxygen atoms in total. The molecule has 0 aliphatic heterocycles. The summed E-state index contributed by atoms with van der Waals surface area (Å²) in [7, 11) is -2.30. The average Bonchev–Trinajstić information content (AvgIpc) is 2.57. The Balaban J connectivity index is 1.87. The van der Waals surface area contributed by atoms with Gasteiger partial charge >= 0.3 is 5.97 Å². The molecule has 0 spiro atoms. The second kappa shape index (κ2) is 8.55. The van der Waals surface area contributed by atoms with E-state index in [2.05, 4.69) is 15.9 Å². The molecular formula is C17H17BrFNO4S. The molecule has 0 amide bonds. The number of para-hydroxylation sites is 1. The number of benzene rings is 2. The summed E-state index contributed by atoms with van der Waals surface area (Å²) in [4.78, 5) is 11.9. The van der Waals surface area contributed by atoms with Gasteiger partial charge in [0.1, 0.15) is 11.6 Å². The van der Waals surface area contributed by atoms with Gasteiger partial charge in [0.2, 0.25) is 10.0 Å². The van der Waals surface area contributed by atoms with E-state index >= 15 is 0 Å². The van der Waals surface area contributed by atoms with E-state index in [0.29, 0.717) is 16.6 Å². The van der Waals surface area contributed by atoms with Crippen LogP contribution in [0.15, 0.2) is 57.9 Å². The Labute approximate surface area is 154 Å². The molecule has 2 aromatic carbocycles. The third-order valence-corrected chi connectivity index (χ3v) is 5.96. The first-order chi connectivity index (χ1) is 11.8. The van der Waals surface area contributed by atoms with Crippen molar-refractivity contribution < 1.29 is 22.3 Å². The molecule has 2 aromatic rings. The average molecular weight is 430 g/mol. The van der Waals surface area contributed by atoms with Crippen LogP contribution in [0, 0.1) is 5.82 Å². The molecule has 0 radical (unpaired) electrons. The number of carbonyl (C=O) groups is 1. The van der Waals surface area contributed by atoms with Crippen LogP contribution in [-0.4, -0.2) is 32.3 Å². The van der Waals surface area contributed by atoms with Crippen molar-refractivity contribution in [2.24, 2.45) is 0 Å². The summed E-state index contributed by atoms with van der Waals surface area (Å²) in [5.41, 5.74) is 0. The normalized spacial score (nSPS) is 11.5. The first-order valence-corrected chi connectivity index (χ1v) is 9.71. The lowest BCUT2D eigenvalue weighted by molar-refractivity contribution is -0.134. The molecule has 8 heteroatoms. The summed E-state index contributed by atoms with van der Waals surface area (Å²) in [6.07, 6.45) is 0.380. The van der Waals surface area contributed by atoms with Gasteiger partial charge in [0.25, 0.3) is 0 Å². The Kier molecular flexibility index (Phi) is 6.69. The van der Waals surface area contributed by atoms with Crippen molar-refractivity contribution in [2.45, 2.75) is 17.7 Å². The van der Waals surface area contributed by atoms with Crippen molar-refractivity contribution in [3.8, 4) is 5.75 Å². The zero-order valence-electron chi connectivity index (χ0n) is 13.5. The van der Waals surface area contributed by atoms with E-state index in [-0.39, 0.29) is 17.9 Å². The predicted octanol–water partition coefficient (Wildman–Crippen LogP) is 3.59. The van der Waals surface area contributed by atoms with Crippen LogP contribution in [0.1, 0.15) is 12.8 Å². The first kappa shape index (κ1) is 19.6. The Hall–Kier alpha value is -1.77. The highest BCUT2D eigenvalue weighted by Crippen LogP contribution is 2.24. The standard InChI is InChI=1S/C17H17BrFNO4S/c1-20(25(22,23)14-10-8-13(19)9-11-14)12-4-7-17(21)24-16-6-3-2-5-15(16)18/h2-3,5-6,8-11H,4,7,12H2,1H3. The minimum Gasteiger partial charge on any atom is -0.425 e. The number of rotatable bonds is 7. The summed E-state index contributed by atoms with van der Waals surface area (Å²) in [5, 5.41) is 0. The molecule has 0 fully saturated rings. The van der Waals surface area contributed by atoms with Gasteiger partial charge in [-0.25, -0.2) is 17.1 Å². The highest BCUT2D eigenvalue weighted by Gasteiger charge is 2.20. The zero-order valence-corrected chi connectivity index (χ0v) is 15.9. The Morgan fingerprint density at radius 1 is 1.16 bits per heavy atom. The van der Waals surface area contributed by atoms with Crippen LogP contribution in [0.3, 0.4) is 0 Å². The van der Waals surface area contributed by atoms with Crippen LogP contribution in [0.25, 0.3) is 0 Å². The van der Waals surface area contributed by atoms with Crippen molar-refractivity contribution in [3.05, 3.63) is 58.8 Å². The van der Waals surface area contributed by atoms with Gasteiger partial charge in [-0.05, 0) is 58.7 Å². The molecule has 0 unspecified atom stereocenters. The lowest BCUT2D eigenvalue weighted by atomic mass is 10.3. The quantitative estimate of drug-likeness (QED) is 0.498. The summed E-state index contributed by atoms with van der Waals surface area (Å²) in [6.45, 7) is 0.144. The van der Waals surface area contributed by atoms with Crippen molar-refractivity contribution >= 4 is 31.9 Å². The van der Waals surface area contributed by atoms with E-state index in [1.807, 2.05) is 0 Å². The fourth-order valence-electron chi connectivity index (χ4n) is 2.05. The van der Waals surface area contributed by atoms with Crippen molar-refractivity contribution in [2.75, 3.05) is 13.6 Å². The van der Waals surface area contributed by atoms with Crippen LogP contribution < -0.4 is 4.74 Å². The number of nitrogens with zero attached hydrogens (tertiary/aromatic N) is 1. The van der Waals surface area contributed by atoms with E-state index < -0.39 is 21.8 Å². The molecule has 25 heavy (non-hydrogen) atoms. The van der Waals surface area contributed by atoms with Gasteiger partial charge in [0.05, 0.1) is 9.37 Å². The summed E-state index contributed by atoms with van der Waals surface area (Å²) >= 11 is 3.28. The molecule has 2 rings (SSSR count). The molecular weight excluding hydrogens is 413 g/mol. The van der Waals surface area contributed by atoms with Crippen LogP contribution in [0.4, 0.5) is 4.39 Å². The molecule has 0 saturated carbocycles. The molecule has 0 bridgehead atoms. The topological polar surface area (TPSA) is 63.7 Å². The maximum Gasteiger partial charge on any atom is 0.311 e. The molecule has 0 aliphatic carbocycles. The van der Waals surface area contributed by atoms with Gasteiger partial charge in [0, 0.05) is 20.0 Å². The Morgan fingerprint density at radius 2 is 1.80 bits per heavy atom. The van der Waals surface area contributed by atoms with Crippen LogP contribution in [-0.2, 0) is 14.8 Å². The molecule has 0 N–H and O–H groups in total. The van der Waals surface area contributed by atoms with E-state index in [1.54, 1.807) is 24.3 Å². The smallest absolute Gasteiger partial charge is 0.311 e. The van der Waals surface area contributed by atoms with Gasteiger partial charge in [-0.1, -0.05) is 12.1 Å². The Morgan fingerprint density at radius 3 is 2.44 bits per heavy atom. The molecule has 0 aliphatic rings. The molecule has 134 valence electrons. The van der Waals surface area contributed by atoms with Gasteiger partial charge < -0.3 is 4.74 Å². The highest BCUT2D eigenvalue weighted by atomic mass is 79.9. The lowest BCUT2D eigenvalue weighted by Crippen LogP contribution is -2.28. The minimum atomic E-state index is -3.71. The number of sulfonamides is 1. The number of esters is 1. The summed E-state index contributed by atoms with van der Waals surface area (Å²) in [5.74, 6) is -0.532. The number of hydrogen-bond acceptors (Lipinski definition) is 4. The predicted molar refractivity (Wildman–Crippen MR) is 95.2 cm³/mol. The van der Waals surface area contributed by atoms with Crippen molar-refractivity contribution in [1.29, 1.82) is 0 Å². The van der Waals surface area contributed by atoms with Gasteiger partial charge in [-0.2, -0.15) is 0 Å². The van der Waals surface area contributed by atoms with E-state index in [4.69, 9.17) is 4.74 Å². The van der Waals surface area contributed by atoms with Gasteiger partial charge in [0.15, 0.2) is 0 Å². The first-order valence-electron chi connectivity index (χ1n) is 7.48. The highest BCUT2D eigenvalue weighted by molar-refractivity contribution is 9.10. The summed E-state index contributed by atoms with van der Waals surface area (Å²) < 4.78 is 44.6. The van der Waals surface area contributed by atoms with Crippen LogP contribution >= 0.6 is 15.9 Å². The molecule has 0 aromatic heterocycles. The molecule has 0 heterocycles. The SMILES string of the molecule is CN(CCCC(=O)Oc1ccccc1Br)S(=O)(=O)c1ccc(F)cc1. The van der Waals surface area contributed by atoms with Gasteiger partial charge in [-0.15, -0.1) is 0 Å². The fourth-order valence-corrected chi connectivity index (χ4v) is 3.63. The number of halogens is 2. The molecule has 0 saturated heterocycles. The number of carbonyl (C=O) groups excluding carboxylic acids is 1. The maximum absolute atomic E-state index is 12.9. The van der Waals surface area contributed by atoms with Crippen LogP contribution in [0.2, 0.25) is 0 Å². The van der Waals surface area contributed by atoms with E-state index in [0.717, 1.165) is 16.4 Å². The van der Waals surface area contributed by atoms with Crippen molar-refractivity contribution in [1.82, 2.24) is 4.31 Å². The lowest BCUT2D eigenvalue weighted by Gasteiger charge is -2.17.